The number of hydrogen-bond donors (Lipinski definition) is 2. The maximum absolute atomic E-state index is 12.9. The molecule has 0 saturated carbocycles. The molecule has 4 rings (SSSR count). The number of aromatic nitrogens is 3. The van der Waals surface area contributed by atoms with Gasteiger partial charge in [-0.15, -0.1) is 5.10 Å². The summed E-state index contributed by atoms with van der Waals surface area (Å²) in [6, 6.07) is 4.72. The summed E-state index contributed by atoms with van der Waals surface area (Å²) in [6.45, 7) is 1.94. The molecule has 1 aliphatic carbocycles. The van der Waals surface area contributed by atoms with E-state index in [1.165, 1.54) is 29.6 Å². The van der Waals surface area contributed by atoms with Gasteiger partial charge in [-0.1, -0.05) is 6.07 Å². The molecule has 2 aliphatic rings. The SMILES string of the molecule is NC1=CC=C(N2CCCCC2)CC1C(=O)Nc1ncn(-c2cccc(C(F)(F)F)c2)n1. The molecule has 2 heterocycles. The average molecular weight is 432 g/mol. The molecule has 0 radical (unpaired) electrons. The van der Waals surface area contributed by atoms with Crippen molar-refractivity contribution in [3.63, 3.8) is 0 Å². The fourth-order valence-electron chi connectivity index (χ4n) is 3.83. The van der Waals surface area contributed by atoms with Gasteiger partial charge in [0, 0.05) is 30.9 Å². The van der Waals surface area contributed by atoms with Crippen LogP contribution in [0.3, 0.4) is 0 Å². The number of hydrogen-bond acceptors (Lipinski definition) is 5. The summed E-state index contributed by atoms with van der Waals surface area (Å²) in [6.07, 6.45) is 4.47. The predicted molar refractivity (Wildman–Crippen MR) is 109 cm³/mol. The number of carbonyl (C=O) groups is 1. The van der Waals surface area contributed by atoms with E-state index in [4.69, 9.17) is 5.73 Å². The van der Waals surface area contributed by atoms with Gasteiger partial charge in [-0.25, -0.2) is 4.68 Å². The van der Waals surface area contributed by atoms with Crippen LogP contribution >= 0.6 is 0 Å². The molecule has 1 unspecified atom stereocenters. The Bertz CT molecular complexity index is 1020. The Morgan fingerprint density at radius 1 is 1.16 bits per heavy atom. The van der Waals surface area contributed by atoms with E-state index in [2.05, 4.69) is 20.3 Å². The first-order valence-corrected chi connectivity index (χ1v) is 10.1. The fraction of sp³-hybridized carbons (Fsp3) is 0.381. The molecule has 10 heteroatoms. The highest BCUT2D eigenvalue weighted by atomic mass is 19.4. The number of allylic oxidation sites excluding steroid dienone is 3. The zero-order chi connectivity index (χ0) is 22.0. The molecule has 1 saturated heterocycles. The van der Waals surface area contributed by atoms with Gasteiger partial charge in [-0.2, -0.15) is 18.2 Å². The number of anilines is 1. The zero-order valence-electron chi connectivity index (χ0n) is 16.8. The number of nitrogens with two attached hydrogens (primary N) is 1. The summed E-state index contributed by atoms with van der Waals surface area (Å²) in [5.74, 6) is -0.898. The third kappa shape index (κ3) is 4.73. The van der Waals surface area contributed by atoms with Crippen molar-refractivity contribution in [1.29, 1.82) is 0 Å². The second-order valence-corrected chi connectivity index (χ2v) is 7.68. The van der Waals surface area contributed by atoms with Crippen LogP contribution in [0.15, 0.2) is 54.1 Å². The Labute approximate surface area is 177 Å². The summed E-state index contributed by atoms with van der Waals surface area (Å²) >= 11 is 0. The first-order chi connectivity index (χ1) is 14.8. The minimum atomic E-state index is -4.46. The summed E-state index contributed by atoms with van der Waals surface area (Å²) in [5.41, 5.74) is 7.00. The number of likely N-dealkylation sites (tertiary alicyclic amines) is 1. The number of alkyl halides is 3. The minimum Gasteiger partial charge on any atom is -0.401 e. The minimum absolute atomic E-state index is 0.00397. The Hall–Kier alpha value is -3.30. The molecule has 0 bridgehead atoms. The van der Waals surface area contributed by atoms with Crippen molar-refractivity contribution in [2.75, 3.05) is 18.4 Å². The first kappa shape index (κ1) is 21.0. The number of rotatable bonds is 4. The summed E-state index contributed by atoms with van der Waals surface area (Å²) in [4.78, 5) is 19.1. The van der Waals surface area contributed by atoms with E-state index in [9.17, 15) is 18.0 Å². The standard InChI is InChI=1S/C21H23F3N6O/c22-21(23,24)14-5-4-6-16(11-14)30-13-26-20(28-30)27-19(31)17-12-15(7-8-18(17)25)29-9-2-1-3-10-29/h4-8,11,13,17H,1-3,9-10,12,25H2,(H,27,28,31). The number of carbonyl (C=O) groups excluding carboxylic acids is 1. The van der Waals surface area contributed by atoms with Crippen molar-refractivity contribution in [1.82, 2.24) is 19.7 Å². The normalized spacial score (nSPS) is 19.6. The highest BCUT2D eigenvalue weighted by molar-refractivity contribution is 5.93. The molecule has 7 nitrogen and oxygen atoms in total. The van der Waals surface area contributed by atoms with Gasteiger partial charge in [0.2, 0.25) is 11.9 Å². The summed E-state index contributed by atoms with van der Waals surface area (Å²) in [7, 11) is 0. The van der Waals surface area contributed by atoms with Gasteiger partial charge in [0.15, 0.2) is 0 Å². The number of benzene rings is 1. The molecule has 1 amide bonds. The smallest absolute Gasteiger partial charge is 0.401 e. The third-order valence-corrected chi connectivity index (χ3v) is 5.53. The highest BCUT2D eigenvalue weighted by Crippen LogP contribution is 2.30. The van der Waals surface area contributed by atoms with E-state index in [-0.39, 0.29) is 17.5 Å². The Balaban J connectivity index is 1.44. The van der Waals surface area contributed by atoms with E-state index < -0.39 is 17.7 Å². The van der Waals surface area contributed by atoms with Crippen molar-refractivity contribution in [2.45, 2.75) is 31.9 Å². The third-order valence-electron chi connectivity index (χ3n) is 5.53. The molecule has 1 aliphatic heterocycles. The molecule has 1 aromatic carbocycles. The lowest BCUT2D eigenvalue weighted by atomic mass is 9.92. The van der Waals surface area contributed by atoms with Crippen LogP contribution in [-0.4, -0.2) is 38.7 Å². The molecule has 3 N–H and O–H groups in total. The highest BCUT2D eigenvalue weighted by Gasteiger charge is 2.31. The van der Waals surface area contributed by atoms with Gasteiger partial charge in [-0.05, 0) is 49.6 Å². The van der Waals surface area contributed by atoms with E-state index in [0.29, 0.717) is 12.1 Å². The van der Waals surface area contributed by atoms with Crippen LogP contribution in [0, 0.1) is 5.92 Å². The van der Waals surface area contributed by atoms with Crippen molar-refractivity contribution >= 4 is 11.9 Å². The predicted octanol–water partition coefficient (Wildman–Crippen LogP) is 3.46. The second kappa shape index (κ2) is 8.44. The largest absolute Gasteiger partial charge is 0.416 e. The molecule has 164 valence electrons. The second-order valence-electron chi connectivity index (χ2n) is 7.68. The maximum Gasteiger partial charge on any atom is 0.416 e. The quantitative estimate of drug-likeness (QED) is 0.773. The number of halogens is 3. The van der Waals surface area contributed by atoms with Gasteiger partial charge in [0.05, 0.1) is 17.2 Å². The summed E-state index contributed by atoms with van der Waals surface area (Å²) in [5, 5.41) is 6.72. The Morgan fingerprint density at radius 2 is 1.94 bits per heavy atom. The molecule has 1 atom stereocenters. The van der Waals surface area contributed by atoms with Gasteiger partial charge >= 0.3 is 6.18 Å². The van der Waals surface area contributed by atoms with E-state index in [1.807, 2.05) is 6.08 Å². The Kier molecular flexibility index (Phi) is 5.71. The van der Waals surface area contributed by atoms with Crippen LogP contribution in [0.4, 0.5) is 19.1 Å². The lowest BCUT2D eigenvalue weighted by molar-refractivity contribution is -0.137. The van der Waals surface area contributed by atoms with Crippen LogP contribution in [-0.2, 0) is 11.0 Å². The van der Waals surface area contributed by atoms with Gasteiger partial charge in [0.25, 0.3) is 0 Å². The zero-order valence-corrected chi connectivity index (χ0v) is 16.8. The van der Waals surface area contributed by atoms with Gasteiger partial charge < -0.3 is 10.6 Å². The van der Waals surface area contributed by atoms with E-state index >= 15 is 0 Å². The van der Waals surface area contributed by atoms with Crippen LogP contribution in [0.25, 0.3) is 5.69 Å². The lowest BCUT2D eigenvalue weighted by Gasteiger charge is -2.34. The summed E-state index contributed by atoms with van der Waals surface area (Å²) < 4.78 is 40.0. The molecule has 1 aromatic heterocycles. The maximum atomic E-state index is 12.9. The fourth-order valence-corrected chi connectivity index (χ4v) is 3.83. The molecular formula is C21H23F3N6O. The number of nitrogens with one attached hydrogen (secondary N) is 1. The first-order valence-electron chi connectivity index (χ1n) is 10.1. The monoisotopic (exact) mass is 432 g/mol. The van der Waals surface area contributed by atoms with Crippen molar-refractivity contribution in [3.05, 3.63) is 59.7 Å². The molecular weight excluding hydrogens is 409 g/mol. The number of nitrogens with zero attached hydrogens (tertiary/aromatic N) is 4. The van der Waals surface area contributed by atoms with Crippen molar-refractivity contribution < 1.29 is 18.0 Å². The van der Waals surface area contributed by atoms with Crippen molar-refractivity contribution in [2.24, 2.45) is 11.7 Å². The van der Waals surface area contributed by atoms with Crippen LogP contribution < -0.4 is 11.1 Å². The van der Waals surface area contributed by atoms with Gasteiger partial charge in [-0.3, -0.25) is 10.1 Å². The van der Waals surface area contributed by atoms with Crippen LogP contribution in [0.5, 0.6) is 0 Å². The number of piperidine rings is 1. The number of amides is 1. The average Bonchev–Trinajstić information content (AvgIpc) is 3.22. The Morgan fingerprint density at radius 3 is 2.68 bits per heavy atom. The molecule has 0 spiro atoms. The van der Waals surface area contributed by atoms with Crippen LogP contribution in [0.2, 0.25) is 0 Å². The molecule has 1 fully saturated rings. The van der Waals surface area contributed by atoms with E-state index in [0.717, 1.165) is 43.8 Å². The van der Waals surface area contributed by atoms with Gasteiger partial charge in [0.1, 0.15) is 6.33 Å². The lowest BCUT2D eigenvalue weighted by Crippen LogP contribution is -2.35. The van der Waals surface area contributed by atoms with Crippen molar-refractivity contribution in [3.8, 4) is 5.69 Å². The molecule has 31 heavy (non-hydrogen) atoms. The van der Waals surface area contributed by atoms with E-state index in [1.54, 1.807) is 6.08 Å². The molecule has 2 aromatic rings. The topological polar surface area (TPSA) is 89.1 Å². The van der Waals surface area contributed by atoms with Crippen LogP contribution in [0.1, 0.15) is 31.2 Å².